The third-order valence-corrected chi connectivity index (χ3v) is 3.44. The molecule has 0 radical (unpaired) electrons. The lowest BCUT2D eigenvalue weighted by Crippen LogP contribution is -2.18. The van der Waals surface area contributed by atoms with Gasteiger partial charge in [-0.25, -0.2) is 0 Å². The standard InChI is InChI=1S/C16H25NO2/c1-2-3-10-17-12-14-7-4-5-9-16(14)19-13-15-8-6-11-18-15/h4-5,7,9,15,17H,2-3,6,8,10-13H2,1H3. The summed E-state index contributed by atoms with van der Waals surface area (Å²) in [7, 11) is 0. The van der Waals surface area contributed by atoms with Crippen LogP contribution in [0.15, 0.2) is 24.3 Å². The SMILES string of the molecule is CCCCNCc1ccccc1OCC1CCCO1. The molecule has 1 aliphatic rings. The molecular formula is C16H25NO2. The zero-order chi connectivity index (χ0) is 13.3. The van der Waals surface area contributed by atoms with E-state index in [4.69, 9.17) is 9.47 Å². The summed E-state index contributed by atoms with van der Waals surface area (Å²) in [6.07, 6.45) is 5.01. The highest BCUT2D eigenvalue weighted by atomic mass is 16.5. The molecule has 0 amide bonds. The van der Waals surface area contributed by atoms with Crippen LogP contribution >= 0.6 is 0 Å². The number of nitrogens with one attached hydrogen (secondary N) is 1. The minimum Gasteiger partial charge on any atom is -0.491 e. The second kappa shape index (κ2) is 8.18. The Balaban J connectivity index is 1.80. The van der Waals surface area contributed by atoms with E-state index in [1.54, 1.807) is 0 Å². The first-order chi connectivity index (χ1) is 9.40. The molecule has 1 fully saturated rings. The van der Waals surface area contributed by atoms with Crippen molar-refractivity contribution >= 4 is 0 Å². The molecule has 106 valence electrons. The Kier molecular flexibility index (Phi) is 6.18. The van der Waals surface area contributed by atoms with Crippen LogP contribution in [0.2, 0.25) is 0 Å². The average Bonchev–Trinajstić information content (AvgIpc) is 2.96. The van der Waals surface area contributed by atoms with Gasteiger partial charge in [-0.2, -0.15) is 0 Å². The lowest BCUT2D eigenvalue weighted by Gasteiger charge is -2.15. The lowest BCUT2D eigenvalue weighted by atomic mass is 10.2. The smallest absolute Gasteiger partial charge is 0.123 e. The van der Waals surface area contributed by atoms with Gasteiger partial charge in [0.05, 0.1) is 6.10 Å². The maximum atomic E-state index is 5.91. The summed E-state index contributed by atoms with van der Waals surface area (Å²) >= 11 is 0. The Labute approximate surface area is 116 Å². The van der Waals surface area contributed by atoms with Crippen LogP contribution in [-0.4, -0.2) is 25.9 Å². The number of rotatable bonds is 8. The topological polar surface area (TPSA) is 30.5 Å². The number of hydrogen-bond donors (Lipinski definition) is 1. The van der Waals surface area contributed by atoms with Crippen molar-refractivity contribution in [1.29, 1.82) is 0 Å². The number of para-hydroxylation sites is 1. The van der Waals surface area contributed by atoms with Gasteiger partial charge in [0.1, 0.15) is 12.4 Å². The van der Waals surface area contributed by atoms with Gasteiger partial charge in [0.15, 0.2) is 0 Å². The van der Waals surface area contributed by atoms with Gasteiger partial charge in [-0.15, -0.1) is 0 Å². The first kappa shape index (κ1) is 14.4. The number of unbranched alkanes of at least 4 members (excludes halogenated alkanes) is 1. The fraction of sp³-hybridized carbons (Fsp3) is 0.625. The summed E-state index contributed by atoms with van der Waals surface area (Å²) in [5.41, 5.74) is 1.23. The van der Waals surface area contributed by atoms with Crippen molar-refractivity contribution < 1.29 is 9.47 Å². The van der Waals surface area contributed by atoms with Crippen molar-refractivity contribution in [2.45, 2.75) is 45.3 Å². The van der Waals surface area contributed by atoms with E-state index in [2.05, 4.69) is 24.4 Å². The van der Waals surface area contributed by atoms with E-state index < -0.39 is 0 Å². The molecule has 1 unspecified atom stereocenters. The summed E-state index contributed by atoms with van der Waals surface area (Å²) in [4.78, 5) is 0. The zero-order valence-electron chi connectivity index (χ0n) is 11.9. The number of benzene rings is 1. The highest BCUT2D eigenvalue weighted by molar-refractivity contribution is 5.33. The van der Waals surface area contributed by atoms with Crippen molar-refractivity contribution in [1.82, 2.24) is 5.32 Å². The third-order valence-electron chi connectivity index (χ3n) is 3.44. The van der Waals surface area contributed by atoms with Crippen molar-refractivity contribution in [3.05, 3.63) is 29.8 Å². The molecule has 0 aromatic heterocycles. The van der Waals surface area contributed by atoms with Gasteiger partial charge >= 0.3 is 0 Å². The van der Waals surface area contributed by atoms with Gasteiger partial charge in [-0.3, -0.25) is 0 Å². The summed E-state index contributed by atoms with van der Waals surface area (Å²) in [6.45, 7) is 5.71. The summed E-state index contributed by atoms with van der Waals surface area (Å²) < 4.78 is 11.5. The zero-order valence-corrected chi connectivity index (χ0v) is 11.9. The highest BCUT2D eigenvalue weighted by Gasteiger charge is 2.16. The molecule has 2 rings (SSSR count). The normalized spacial score (nSPS) is 18.7. The van der Waals surface area contributed by atoms with E-state index in [9.17, 15) is 0 Å². The molecule has 1 heterocycles. The maximum Gasteiger partial charge on any atom is 0.123 e. The average molecular weight is 263 g/mol. The fourth-order valence-corrected chi connectivity index (χ4v) is 2.27. The minimum absolute atomic E-state index is 0.279. The predicted molar refractivity (Wildman–Crippen MR) is 77.5 cm³/mol. The van der Waals surface area contributed by atoms with Crippen LogP contribution in [0.1, 0.15) is 38.2 Å². The van der Waals surface area contributed by atoms with Crippen molar-refractivity contribution in [2.24, 2.45) is 0 Å². The summed E-state index contributed by atoms with van der Waals surface area (Å²) in [6, 6.07) is 8.27. The molecule has 1 saturated heterocycles. The quantitative estimate of drug-likeness (QED) is 0.731. The van der Waals surface area contributed by atoms with E-state index >= 15 is 0 Å². The lowest BCUT2D eigenvalue weighted by molar-refractivity contribution is 0.0676. The van der Waals surface area contributed by atoms with E-state index in [1.807, 2.05) is 12.1 Å². The maximum absolute atomic E-state index is 5.91. The monoisotopic (exact) mass is 263 g/mol. The molecule has 1 N–H and O–H groups in total. The van der Waals surface area contributed by atoms with Crippen LogP contribution in [0.3, 0.4) is 0 Å². The molecule has 0 bridgehead atoms. The van der Waals surface area contributed by atoms with Crippen molar-refractivity contribution in [3.63, 3.8) is 0 Å². The van der Waals surface area contributed by atoms with E-state index in [-0.39, 0.29) is 6.10 Å². The molecule has 3 heteroatoms. The van der Waals surface area contributed by atoms with Crippen LogP contribution in [0.5, 0.6) is 5.75 Å². The minimum atomic E-state index is 0.279. The van der Waals surface area contributed by atoms with E-state index in [0.29, 0.717) is 6.61 Å². The second-order valence-corrected chi connectivity index (χ2v) is 5.08. The molecule has 1 atom stereocenters. The van der Waals surface area contributed by atoms with Crippen molar-refractivity contribution in [3.8, 4) is 5.75 Å². The summed E-state index contributed by atoms with van der Waals surface area (Å²) in [5, 5.41) is 3.46. The molecule has 1 aromatic rings. The van der Waals surface area contributed by atoms with Gasteiger partial charge in [-0.1, -0.05) is 31.5 Å². The van der Waals surface area contributed by atoms with Crippen LogP contribution < -0.4 is 10.1 Å². The van der Waals surface area contributed by atoms with Gasteiger partial charge in [0.25, 0.3) is 0 Å². The molecule has 1 aliphatic heterocycles. The Morgan fingerprint density at radius 3 is 3.05 bits per heavy atom. The second-order valence-electron chi connectivity index (χ2n) is 5.08. The first-order valence-corrected chi connectivity index (χ1v) is 7.43. The molecule has 0 aliphatic carbocycles. The predicted octanol–water partition coefficient (Wildman–Crippen LogP) is 3.13. The molecule has 3 nitrogen and oxygen atoms in total. The van der Waals surface area contributed by atoms with E-state index in [1.165, 1.54) is 18.4 Å². The van der Waals surface area contributed by atoms with Crippen LogP contribution in [0, 0.1) is 0 Å². The molecule has 0 saturated carbocycles. The summed E-state index contributed by atoms with van der Waals surface area (Å²) in [5.74, 6) is 0.988. The third kappa shape index (κ3) is 4.84. The van der Waals surface area contributed by atoms with Crippen LogP contribution in [0.4, 0.5) is 0 Å². The van der Waals surface area contributed by atoms with Gasteiger partial charge < -0.3 is 14.8 Å². The van der Waals surface area contributed by atoms with Gasteiger partial charge in [0, 0.05) is 18.7 Å². The Morgan fingerprint density at radius 2 is 2.26 bits per heavy atom. The number of ether oxygens (including phenoxy) is 2. The van der Waals surface area contributed by atoms with Crippen molar-refractivity contribution in [2.75, 3.05) is 19.8 Å². The Morgan fingerprint density at radius 1 is 1.37 bits per heavy atom. The molecule has 0 spiro atoms. The number of hydrogen-bond acceptors (Lipinski definition) is 3. The Bertz CT molecular complexity index is 362. The van der Waals surface area contributed by atoms with Crippen LogP contribution in [0.25, 0.3) is 0 Å². The molecular weight excluding hydrogens is 238 g/mol. The van der Waals surface area contributed by atoms with Gasteiger partial charge in [0.2, 0.25) is 0 Å². The van der Waals surface area contributed by atoms with E-state index in [0.717, 1.165) is 38.3 Å². The highest BCUT2D eigenvalue weighted by Crippen LogP contribution is 2.20. The fourth-order valence-electron chi connectivity index (χ4n) is 2.27. The first-order valence-electron chi connectivity index (χ1n) is 7.43. The molecule has 19 heavy (non-hydrogen) atoms. The molecule has 1 aromatic carbocycles. The Hall–Kier alpha value is -1.06. The van der Waals surface area contributed by atoms with Gasteiger partial charge in [-0.05, 0) is 31.9 Å². The van der Waals surface area contributed by atoms with Crippen LogP contribution in [-0.2, 0) is 11.3 Å². The largest absolute Gasteiger partial charge is 0.491 e.